The van der Waals surface area contributed by atoms with Gasteiger partial charge in [-0.15, -0.1) is 0 Å². The van der Waals surface area contributed by atoms with Crippen LogP contribution in [-0.2, 0) is 9.59 Å². The number of hydrogen-bond acceptors (Lipinski definition) is 7. The average Bonchev–Trinajstić information content (AvgIpc) is 3.15. The van der Waals surface area contributed by atoms with Crippen molar-refractivity contribution >= 4 is 69.2 Å². The summed E-state index contributed by atoms with van der Waals surface area (Å²) in [7, 11) is 3.02. The van der Waals surface area contributed by atoms with Gasteiger partial charge in [-0.25, -0.2) is 0 Å². The van der Waals surface area contributed by atoms with E-state index in [0.717, 1.165) is 0 Å². The Morgan fingerprint density at radius 1 is 1.03 bits per heavy atom. The summed E-state index contributed by atoms with van der Waals surface area (Å²) < 4.78 is 16.7. The van der Waals surface area contributed by atoms with Crippen LogP contribution < -0.4 is 24.4 Å². The number of thioether (sulfide) groups is 1. The maximum absolute atomic E-state index is 13.1. The Hall–Kier alpha value is -3.53. The molecule has 3 aromatic rings. The van der Waals surface area contributed by atoms with Gasteiger partial charge in [0.15, 0.2) is 22.4 Å². The number of anilines is 2. The zero-order valence-corrected chi connectivity index (χ0v) is 21.7. The number of amides is 2. The van der Waals surface area contributed by atoms with Crippen molar-refractivity contribution in [3.05, 3.63) is 82.2 Å². The van der Waals surface area contributed by atoms with Gasteiger partial charge >= 0.3 is 0 Å². The Bertz CT molecular complexity index is 1350. The second kappa shape index (κ2) is 11.5. The minimum atomic E-state index is -0.297. The van der Waals surface area contributed by atoms with Crippen molar-refractivity contribution in [3.8, 4) is 17.2 Å². The first-order chi connectivity index (χ1) is 17.4. The fraction of sp³-hybridized carbons (Fsp3) is 0.115. The monoisotopic (exact) mass is 540 g/mol. The van der Waals surface area contributed by atoms with Gasteiger partial charge in [0.25, 0.3) is 11.8 Å². The third kappa shape index (κ3) is 5.81. The fourth-order valence-corrected chi connectivity index (χ4v) is 4.94. The van der Waals surface area contributed by atoms with E-state index >= 15 is 0 Å². The van der Waals surface area contributed by atoms with Gasteiger partial charge in [-0.2, -0.15) is 0 Å². The maximum atomic E-state index is 13.1. The molecule has 0 unspecified atom stereocenters. The molecule has 0 radical (unpaired) electrons. The highest BCUT2D eigenvalue weighted by Gasteiger charge is 2.33. The summed E-state index contributed by atoms with van der Waals surface area (Å²) in [5.41, 5.74) is 1.95. The summed E-state index contributed by atoms with van der Waals surface area (Å²) in [5.74, 6) is 0.776. The van der Waals surface area contributed by atoms with Gasteiger partial charge in [0.05, 0.1) is 29.8 Å². The number of halogens is 1. The smallest absolute Gasteiger partial charge is 0.270 e. The number of carbonyl (C=O) groups excluding carboxylic acids is 2. The van der Waals surface area contributed by atoms with Gasteiger partial charge < -0.3 is 19.5 Å². The molecule has 1 saturated heterocycles. The van der Waals surface area contributed by atoms with Crippen molar-refractivity contribution in [2.75, 3.05) is 31.0 Å². The molecule has 1 N–H and O–H groups in total. The van der Waals surface area contributed by atoms with Crippen LogP contribution in [0.3, 0.4) is 0 Å². The predicted molar refractivity (Wildman–Crippen MR) is 147 cm³/mol. The molecule has 0 saturated carbocycles. The number of benzene rings is 3. The molecule has 2 amide bonds. The van der Waals surface area contributed by atoms with Crippen molar-refractivity contribution in [1.82, 2.24) is 0 Å². The van der Waals surface area contributed by atoms with Crippen LogP contribution >= 0.6 is 35.6 Å². The molecule has 7 nitrogen and oxygen atoms in total. The first-order valence-electron chi connectivity index (χ1n) is 10.7. The zero-order chi connectivity index (χ0) is 25.7. The maximum Gasteiger partial charge on any atom is 0.270 e. The number of nitrogens with zero attached hydrogens (tertiary/aromatic N) is 1. The number of nitrogens with one attached hydrogen (secondary N) is 1. The third-order valence-corrected chi connectivity index (χ3v) is 6.69. The van der Waals surface area contributed by atoms with Crippen LogP contribution in [0.4, 0.5) is 11.4 Å². The predicted octanol–water partition coefficient (Wildman–Crippen LogP) is 5.78. The van der Waals surface area contributed by atoms with E-state index in [0.29, 0.717) is 48.4 Å². The molecule has 1 aliphatic rings. The number of thiocarbonyl (C=S) groups is 1. The third-order valence-electron chi connectivity index (χ3n) is 5.09. The summed E-state index contributed by atoms with van der Waals surface area (Å²) in [4.78, 5) is 27.2. The largest absolute Gasteiger partial charge is 0.495 e. The van der Waals surface area contributed by atoms with Gasteiger partial charge in [-0.3, -0.25) is 14.5 Å². The van der Waals surface area contributed by atoms with Gasteiger partial charge in [-0.1, -0.05) is 59.8 Å². The Balaban J connectivity index is 1.47. The Morgan fingerprint density at radius 3 is 2.44 bits per heavy atom. The van der Waals surface area contributed by atoms with Gasteiger partial charge in [0, 0.05) is 5.69 Å². The molecule has 36 heavy (non-hydrogen) atoms. The van der Waals surface area contributed by atoms with E-state index in [2.05, 4.69) is 5.32 Å². The zero-order valence-electron chi connectivity index (χ0n) is 19.3. The minimum Gasteiger partial charge on any atom is -0.495 e. The standard InChI is InChI=1S/C26H21ClN2O5S2/c1-32-20-11-9-18(14-19(20)27)29-25(31)23(36-26(29)35)13-16-8-10-21(22(12-16)33-2)34-15-24(30)28-17-6-4-3-5-7-17/h3-14H,15H2,1-2H3,(H,28,30). The van der Waals surface area contributed by atoms with Gasteiger partial charge in [0.2, 0.25) is 0 Å². The first-order valence-corrected chi connectivity index (χ1v) is 12.3. The quantitative estimate of drug-likeness (QED) is 0.286. The summed E-state index contributed by atoms with van der Waals surface area (Å²) >= 11 is 12.9. The second-order valence-corrected chi connectivity index (χ2v) is 9.53. The number of hydrogen-bond donors (Lipinski definition) is 1. The van der Waals surface area contributed by atoms with E-state index in [9.17, 15) is 9.59 Å². The highest BCUT2D eigenvalue weighted by atomic mass is 35.5. The van der Waals surface area contributed by atoms with Crippen molar-refractivity contribution in [1.29, 1.82) is 0 Å². The van der Waals surface area contributed by atoms with Crippen LogP contribution in [-0.4, -0.2) is 37.0 Å². The van der Waals surface area contributed by atoms with Crippen LogP contribution in [0, 0.1) is 0 Å². The number of rotatable bonds is 8. The lowest BCUT2D eigenvalue weighted by Gasteiger charge is -2.15. The molecule has 0 spiro atoms. The van der Waals surface area contributed by atoms with Crippen LogP contribution in [0.25, 0.3) is 6.08 Å². The Morgan fingerprint density at radius 2 is 1.75 bits per heavy atom. The summed E-state index contributed by atoms with van der Waals surface area (Å²) in [6.07, 6.45) is 1.72. The molecule has 0 aliphatic carbocycles. The van der Waals surface area contributed by atoms with Crippen molar-refractivity contribution in [3.63, 3.8) is 0 Å². The second-order valence-electron chi connectivity index (χ2n) is 7.45. The molecule has 0 bridgehead atoms. The van der Waals surface area contributed by atoms with Crippen molar-refractivity contribution in [2.45, 2.75) is 0 Å². The number of methoxy groups -OCH3 is 2. The Labute approximate surface area is 223 Å². The van der Waals surface area contributed by atoms with Gasteiger partial charge in [-0.05, 0) is 54.1 Å². The van der Waals surface area contributed by atoms with Crippen LogP contribution in [0.2, 0.25) is 5.02 Å². The van der Waals surface area contributed by atoms with E-state index in [1.54, 1.807) is 54.6 Å². The van der Waals surface area contributed by atoms with Crippen molar-refractivity contribution < 1.29 is 23.8 Å². The van der Waals surface area contributed by atoms with E-state index in [1.165, 1.54) is 30.9 Å². The molecular weight excluding hydrogens is 520 g/mol. The lowest BCUT2D eigenvalue weighted by molar-refractivity contribution is -0.118. The summed E-state index contributed by atoms with van der Waals surface area (Å²) in [5, 5.41) is 3.14. The summed E-state index contributed by atoms with van der Waals surface area (Å²) in [6.45, 7) is -0.187. The van der Waals surface area contributed by atoms with E-state index in [4.69, 9.17) is 38.0 Å². The van der Waals surface area contributed by atoms with Crippen LogP contribution in [0.15, 0.2) is 71.6 Å². The highest BCUT2D eigenvalue weighted by Crippen LogP contribution is 2.39. The lowest BCUT2D eigenvalue weighted by atomic mass is 10.1. The summed E-state index contributed by atoms with van der Waals surface area (Å²) in [6, 6.07) is 19.3. The van der Waals surface area contributed by atoms with Crippen LogP contribution in [0.1, 0.15) is 5.56 Å². The van der Waals surface area contributed by atoms with Gasteiger partial charge in [0.1, 0.15) is 5.75 Å². The van der Waals surface area contributed by atoms with Crippen LogP contribution in [0.5, 0.6) is 17.2 Å². The minimum absolute atomic E-state index is 0.187. The molecule has 4 rings (SSSR count). The first kappa shape index (κ1) is 25.6. The number of ether oxygens (including phenoxy) is 3. The topological polar surface area (TPSA) is 77.1 Å². The molecular formula is C26H21ClN2O5S2. The van der Waals surface area contributed by atoms with E-state index in [-0.39, 0.29) is 18.4 Å². The molecule has 0 aromatic heterocycles. The Kier molecular flexibility index (Phi) is 8.14. The molecule has 184 valence electrons. The normalized spacial score (nSPS) is 14.2. The van der Waals surface area contributed by atoms with E-state index in [1.807, 2.05) is 18.2 Å². The number of carbonyl (C=O) groups is 2. The molecule has 0 atom stereocenters. The molecule has 10 heteroatoms. The lowest BCUT2D eigenvalue weighted by Crippen LogP contribution is -2.27. The van der Waals surface area contributed by atoms with E-state index < -0.39 is 0 Å². The van der Waals surface area contributed by atoms with Crippen molar-refractivity contribution in [2.24, 2.45) is 0 Å². The average molecular weight is 541 g/mol. The highest BCUT2D eigenvalue weighted by molar-refractivity contribution is 8.27. The molecule has 1 aliphatic heterocycles. The number of para-hydroxylation sites is 1. The molecule has 3 aromatic carbocycles. The SMILES string of the molecule is COc1ccc(N2C(=O)C(=Cc3ccc(OCC(=O)Nc4ccccc4)c(OC)c3)SC2=S)cc1Cl. The molecule has 1 fully saturated rings. The fourth-order valence-electron chi connectivity index (χ4n) is 3.39. The molecule has 1 heterocycles.